The number of fused-ring (bicyclic) bond motifs is 1. The van der Waals surface area contributed by atoms with Gasteiger partial charge >= 0.3 is 0 Å². The molecule has 4 nitrogen and oxygen atoms in total. The molecule has 0 spiro atoms. The number of pyridine rings is 1. The van der Waals surface area contributed by atoms with E-state index in [0.717, 1.165) is 10.9 Å². The molecule has 0 bridgehead atoms. The van der Waals surface area contributed by atoms with Gasteiger partial charge in [-0.15, -0.1) is 0 Å². The normalized spacial score (nSPS) is 12.6. The van der Waals surface area contributed by atoms with Gasteiger partial charge in [0.15, 0.2) is 0 Å². The van der Waals surface area contributed by atoms with Gasteiger partial charge in [-0.05, 0) is 24.1 Å². The van der Waals surface area contributed by atoms with E-state index >= 15 is 0 Å². The zero-order valence-electron chi connectivity index (χ0n) is 11.3. The van der Waals surface area contributed by atoms with Gasteiger partial charge in [0.2, 0.25) is 0 Å². The fourth-order valence-electron chi connectivity index (χ4n) is 2.05. The number of nitrogens with two attached hydrogens (primary N) is 1. The fourth-order valence-corrected chi connectivity index (χ4v) is 2.05. The van der Waals surface area contributed by atoms with Crippen LogP contribution in [0.4, 0.5) is 0 Å². The summed E-state index contributed by atoms with van der Waals surface area (Å²) in [7, 11) is 0. The highest BCUT2D eigenvalue weighted by Crippen LogP contribution is 2.16. The summed E-state index contributed by atoms with van der Waals surface area (Å²) >= 11 is 0. The first-order chi connectivity index (χ1) is 9.13. The van der Waals surface area contributed by atoms with Crippen molar-refractivity contribution in [2.45, 2.75) is 19.9 Å². The second-order valence-electron chi connectivity index (χ2n) is 4.94. The summed E-state index contributed by atoms with van der Waals surface area (Å²) in [6.07, 6.45) is 1.72. The largest absolute Gasteiger partial charge is 0.348 e. The van der Waals surface area contributed by atoms with Crippen molar-refractivity contribution in [3.8, 4) is 0 Å². The van der Waals surface area contributed by atoms with Crippen molar-refractivity contribution in [3.63, 3.8) is 0 Å². The number of benzene rings is 1. The molecule has 100 valence electrons. The molecule has 1 amide bonds. The van der Waals surface area contributed by atoms with Crippen molar-refractivity contribution in [2.75, 3.05) is 6.54 Å². The number of amides is 1. The fraction of sp³-hybridized carbons (Fsp3) is 0.333. The topological polar surface area (TPSA) is 68.0 Å². The van der Waals surface area contributed by atoms with E-state index in [0.29, 0.717) is 18.0 Å². The van der Waals surface area contributed by atoms with E-state index in [1.165, 1.54) is 0 Å². The molecule has 2 aromatic rings. The van der Waals surface area contributed by atoms with Crippen molar-refractivity contribution < 1.29 is 4.79 Å². The molecule has 1 atom stereocenters. The number of nitrogens with one attached hydrogen (secondary N) is 1. The van der Waals surface area contributed by atoms with Crippen molar-refractivity contribution in [1.82, 2.24) is 10.3 Å². The molecule has 3 N–H and O–H groups in total. The van der Waals surface area contributed by atoms with Crippen LogP contribution in [-0.2, 0) is 0 Å². The second kappa shape index (κ2) is 5.80. The Kier molecular flexibility index (Phi) is 4.12. The van der Waals surface area contributed by atoms with Gasteiger partial charge < -0.3 is 11.1 Å². The minimum atomic E-state index is -0.0947. The molecule has 0 aliphatic carbocycles. The Morgan fingerprint density at radius 2 is 2.11 bits per heavy atom. The predicted octanol–water partition coefficient (Wildman–Crippen LogP) is 1.95. The minimum Gasteiger partial charge on any atom is -0.348 e. The number of nitrogens with zero attached hydrogens (tertiary/aromatic N) is 1. The summed E-state index contributed by atoms with van der Waals surface area (Å²) in [5, 5.41) is 3.85. The van der Waals surface area contributed by atoms with Gasteiger partial charge in [-0.2, -0.15) is 0 Å². The van der Waals surface area contributed by atoms with Crippen LogP contribution in [-0.4, -0.2) is 23.5 Å². The highest BCUT2D eigenvalue weighted by Gasteiger charge is 2.17. The van der Waals surface area contributed by atoms with Crippen LogP contribution < -0.4 is 11.1 Å². The molecule has 1 unspecified atom stereocenters. The summed E-state index contributed by atoms with van der Waals surface area (Å²) in [4.78, 5) is 16.6. The first-order valence-corrected chi connectivity index (χ1v) is 6.48. The number of carbonyl (C=O) groups excluding carboxylic acids is 1. The molecule has 4 heteroatoms. The summed E-state index contributed by atoms with van der Waals surface area (Å²) in [5.74, 6) is 0.213. The Labute approximate surface area is 113 Å². The summed E-state index contributed by atoms with van der Waals surface area (Å²) in [6.45, 7) is 4.53. The lowest BCUT2D eigenvalue weighted by atomic mass is 10.0. The third-order valence-corrected chi connectivity index (χ3v) is 3.27. The molecule has 19 heavy (non-hydrogen) atoms. The zero-order chi connectivity index (χ0) is 13.8. The number of hydrogen-bond acceptors (Lipinski definition) is 3. The third kappa shape index (κ3) is 2.90. The van der Waals surface area contributed by atoms with Crippen LogP contribution in [0.3, 0.4) is 0 Å². The molecular weight excluding hydrogens is 238 g/mol. The molecule has 0 aliphatic rings. The quantitative estimate of drug-likeness (QED) is 0.879. The van der Waals surface area contributed by atoms with Gasteiger partial charge in [0, 0.05) is 29.7 Å². The first-order valence-electron chi connectivity index (χ1n) is 6.48. The van der Waals surface area contributed by atoms with Gasteiger partial charge in [0.1, 0.15) is 0 Å². The molecule has 2 rings (SSSR count). The molecule has 0 aliphatic heterocycles. The monoisotopic (exact) mass is 257 g/mol. The van der Waals surface area contributed by atoms with Gasteiger partial charge in [-0.25, -0.2) is 0 Å². The smallest absolute Gasteiger partial charge is 0.252 e. The lowest BCUT2D eigenvalue weighted by Gasteiger charge is -2.20. The van der Waals surface area contributed by atoms with E-state index in [1.807, 2.05) is 44.2 Å². The number of carbonyl (C=O) groups is 1. The lowest BCUT2D eigenvalue weighted by molar-refractivity contribution is 0.0929. The highest BCUT2D eigenvalue weighted by atomic mass is 16.1. The van der Waals surface area contributed by atoms with Gasteiger partial charge in [-0.3, -0.25) is 9.78 Å². The van der Waals surface area contributed by atoms with Crippen LogP contribution in [0.15, 0.2) is 36.5 Å². The third-order valence-electron chi connectivity index (χ3n) is 3.27. The molecule has 0 radical (unpaired) electrons. The average Bonchev–Trinajstić information content (AvgIpc) is 2.43. The maximum Gasteiger partial charge on any atom is 0.252 e. The van der Waals surface area contributed by atoms with E-state index in [1.54, 1.807) is 6.20 Å². The Morgan fingerprint density at radius 1 is 1.32 bits per heavy atom. The minimum absolute atomic E-state index is 0.0144. The number of rotatable bonds is 4. The van der Waals surface area contributed by atoms with Crippen LogP contribution in [0.1, 0.15) is 24.2 Å². The van der Waals surface area contributed by atoms with Crippen molar-refractivity contribution in [1.29, 1.82) is 0 Å². The van der Waals surface area contributed by atoms with E-state index in [2.05, 4.69) is 10.3 Å². The molecular formula is C15H19N3O. The van der Waals surface area contributed by atoms with Crippen LogP contribution in [0.5, 0.6) is 0 Å². The number of aromatic nitrogens is 1. The van der Waals surface area contributed by atoms with Crippen LogP contribution >= 0.6 is 0 Å². The summed E-state index contributed by atoms with van der Waals surface area (Å²) in [6, 6.07) is 9.28. The maximum atomic E-state index is 12.3. The molecule has 0 saturated carbocycles. The van der Waals surface area contributed by atoms with E-state index in [-0.39, 0.29) is 11.9 Å². The zero-order valence-corrected chi connectivity index (χ0v) is 11.3. The predicted molar refractivity (Wildman–Crippen MR) is 76.9 cm³/mol. The van der Waals surface area contributed by atoms with Crippen LogP contribution in [0, 0.1) is 5.92 Å². The van der Waals surface area contributed by atoms with Gasteiger partial charge in [0.25, 0.3) is 5.91 Å². The van der Waals surface area contributed by atoms with E-state index < -0.39 is 0 Å². The van der Waals surface area contributed by atoms with Crippen molar-refractivity contribution in [2.24, 2.45) is 11.7 Å². The Morgan fingerprint density at radius 3 is 2.79 bits per heavy atom. The SMILES string of the molecule is CC(C)C(CN)NC(=O)c1cccc2ncccc12. The maximum absolute atomic E-state index is 12.3. The molecule has 0 fully saturated rings. The average molecular weight is 257 g/mol. The van der Waals surface area contributed by atoms with E-state index in [4.69, 9.17) is 5.73 Å². The van der Waals surface area contributed by atoms with Gasteiger partial charge in [0.05, 0.1) is 5.52 Å². The molecule has 1 heterocycles. The standard InChI is InChI=1S/C15H19N3O/c1-10(2)14(9-16)18-15(19)12-5-3-7-13-11(12)6-4-8-17-13/h3-8,10,14H,9,16H2,1-2H3,(H,18,19). The summed E-state index contributed by atoms with van der Waals surface area (Å²) in [5.41, 5.74) is 7.15. The van der Waals surface area contributed by atoms with Crippen molar-refractivity contribution >= 4 is 16.8 Å². The Balaban J connectivity index is 2.31. The van der Waals surface area contributed by atoms with E-state index in [9.17, 15) is 4.79 Å². The van der Waals surface area contributed by atoms with Crippen LogP contribution in [0.25, 0.3) is 10.9 Å². The number of hydrogen-bond donors (Lipinski definition) is 2. The van der Waals surface area contributed by atoms with Crippen LogP contribution in [0.2, 0.25) is 0 Å². The highest BCUT2D eigenvalue weighted by molar-refractivity contribution is 6.06. The Bertz CT molecular complexity index is 575. The lowest BCUT2D eigenvalue weighted by Crippen LogP contribution is -2.43. The first kappa shape index (κ1) is 13.5. The van der Waals surface area contributed by atoms with Gasteiger partial charge in [-0.1, -0.05) is 26.0 Å². The Hall–Kier alpha value is -1.94. The molecule has 1 aromatic carbocycles. The van der Waals surface area contributed by atoms with Crippen molar-refractivity contribution in [3.05, 3.63) is 42.1 Å². The molecule has 1 aromatic heterocycles. The summed E-state index contributed by atoms with van der Waals surface area (Å²) < 4.78 is 0. The molecule has 0 saturated heterocycles. The second-order valence-corrected chi connectivity index (χ2v) is 4.94.